The molecule has 1 aromatic rings. The van der Waals surface area contributed by atoms with Crippen LogP contribution in [0.5, 0.6) is 0 Å². The zero-order valence-corrected chi connectivity index (χ0v) is 12.0. The van der Waals surface area contributed by atoms with Crippen molar-refractivity contribution < 1.29 is 19.0 Å². The Kier molecular flexibility index (Phi) is 5.83. The minimum absolute atomic E-state index is 0.0637. The van der Waals surface area contributed by atoms with Crippen molar-refractivity contribution in [1.29, 1.82) is 0 Å². The van der Waals surface area contributed by atoms with Crippen LogP contribution in [0.4, 0.5) is 4.79 Å². The van der Waals surface area contributed by atoms with Gasteiger partial charge in [0.05, 0.1) is 19.3 Å². The number of benzene rings is 1. The van der Waals surface area contributed by atoms with Gasteiger partial charge in [0.2, 0.25) is 0 Å². The molecular formula is C15H22O4. The van der Waals surface area contributed by atoms with Gasteiger partial charge in [-0.3, -0.25) is 0 Å². The molecule has 19 heavy (non-hydrogen) atoms. The molecule has 0 saturated carbocycles. The summed E-state index contributed by atoms with van der Waals surface area (Å²) in [5.41, 5.74) is 0.0290. The molecule has 4 heteroatoms. The topological polar surface area (TPSA) is 44.8 Å². The third-order valence-corrected chi connectivity index (χ3v) is 2.65. The lowest BCUT2D eigenvalue weighted by atomic mass is 9.97. The number of hydrogen-bond acceptors (Lipinski definition) is 4. The van der Waals surface area contributed by atoms with Crippen LogP contribution in [0.25, 0.3) is 0 Å². The average molecular weight is 266 g/mol. The zero-order chi connectivity index (χ0) is 14.3. The molecule has 0 saturated heterocycles. The smallest absolute Gasteiger partial charge is 0.435 e. The largest absolute Gasteiger partial charge is 0.509 e. The molecule has 1 aromatic carbocycles. The Labute approximate surface area is 114 Å². The molecule has 106 valence electrons. The molecule has 0 aliphatic heterocycles. The third-order valence-electron chi connectivity index (χ3n) is 2.65. The highest BCUT2D eigenvalue weighted by molar-refractivity contribution is 5.61. The van der Waals surface area contributed by atoms with E-state index in [1.165, 1.54) is 0 Å². The summed E-state index contributed by atoms with van der Waals surface area (Å²) in [5, 5.41) is 0. The van der Waals surface area contributed by atoms with Crippen molar-refractivity contribution in [2.24, 2.45) is 0 Å². The molecule has 0 bridgehead atoms. The minimum Gasteiger partial charge on any atom is -0.435 e. The van der Waals surface area contributed by atoms with Crippen molar-refractivity contribution in [2.45, 2.75) is 39.4 Å². The fourth-order valence-corrected chi connectivity index (χ4v) is 1.62. The molecule has 4 nitrogen and oxygen atoms in total. The van der Waals surface area contributed by atoms with Gasteiger partial charge in [-0.05, 0) is 33.3 Å². The lowest BCUT2D eigenvalue weighted by molar-refractivity contribution is -0.0865. The van der Waals surface area contributed by atoms with Gasteiger partial charge in [0.25, 0.3) is 0 Å². The van der Waals surface area contributed by atoms with Crippen molar-refractivity contribution in [3.05, 3.63) is 35.9 Å². The summed E-state index contributed by atoms with van der Waals surface area (Å²) >= 11 is 0. The van der Waals surface area contributed by atoms with Crippen LogP contribution in [0, 0.1) is 0 Å². The number of ether oxygens (including phenoxy) is 3. The SMILES string of the molecule is CCOC(=O)OC(C)(COC(C)C)c1ccccc1. The minimum atomic E-state index is -0.849. The summed E-state index contributed by atoms with van der Waals surface area (Å²) in [4.78, 5) is 11.6. The summed E-state index contributed by atoms with van der Waals surface area (Å²) in [6.07, 6.45) is -0.616. The van der Waals surface area contributed by atoms with E-state index in [1.807, 2.05) is 51.1 Å². The number of carbonyl (C=O) groups is 1. The molecule has 0 fully saturated rings. The Morgan fingerprint density at radius 1 is 1.26 bits per heavy atom. The van der Waals surface area contributed by atoms with Crippen LogP contribution in [-0.2, 0) is 19.8 Å². The lowest BCUT2D eigenvalue weighted by Gasteiger charge is -2.30. The standard InChI is InChI=1S/C15H22O4/c1-5-17-14(16)19-15(4,11-18-12(2)3)13-9-7-6-8-10-13/h6-10,12H,5,11H2,1-4H3. The summed E-state index contributed by atoms with van der Waals surface area (Å²) in [6.45, 7) is 8.02. The van der Waals surface area contributed by atoms with Crippen LogP contribution in [0.3, 0.4) is 0 Å². The van der Waals surface area contributed by atoms with Gasteiger partial charge < -0.3 is 14.2 Å². The quantitative estimate of drug-likeness (QED) is 0.739. The van der Waals surface area contributed by atoms with E-state index in [-0.39, 0.29) is 19.3 Å². The summed E-state index contributed by atoms with van der Waals surface area (Å²) in [5.74, 6) is 0. The Hall–Kier alpha value is -1.55. The van der Waals surface area contributed by atoms with Gasteiger partial charge in [-0.2, -0.15) is 0 Å². The fraction of sp³-hybridized carbons (Fsp3) is 0.533. The first kappa shape index (κ1) is 15.5. The van der Waals surface area contributed by atoms with Crippen LogP contribution < -0.4 is 0 Å². The van der Waals surface area contributed by atoms with E-state index in [0.717, 1.165) is 5.56 Å². The van der Waals surface area contributed by atoms with E-state index in [9.17, 15) is 4.79 Å². The van der Waals surface area contributed by atoms with Gasteiger partial charge in [-0.15, -0.1) is 0 Å². The first-order valence-corrected chi connectivity index (χ1v) is 6.51. The van der Waals surface area contributed by atoms with Crippen LogP contribution >= 0.6 is 0 Å². The maximum atomic E-state index is 11.6. The van der Waals surface area contributed by atoms with Gasteiger partial charge in [0, 0.05) is 0 Å². The summed E-state index contributed by atoms with van der Waals surface area (Å²) < 4.78 is 15.9. The van der Waals surface area contributed by atoms with E-state index in [2.05, 4.69) is 0 Å². The van der Waals surface area contributed by atoms with Gasteiger partial charge >= 0.3 is 6.16 Å². The number of carbonyl (C=O) groups excluding carboxylic acids is 1. The normalized spacial score (nSPS) is 13.9. The maximum Gasteiger partial charge on any atom is 0.509 e. The van der Waals surface area contributed by atoms with E-state index in [1.54, 1.807) is 6.92 Å². The lowest BCUT2D eigenvalue weighted by Crippen LogP contribution is -2.35. The van der Waals surface area contributed by atoms with Gasteiger partial charge in [-0.1, -0.05) is 30.3 Å². The van der Waals surface area contributed by atoms with Crippen molar-refractivity contribution >= 4 is 6.16 Å². The molecule has 1 atom stereocenters. The third kappa shape index (κ3) is 4.91. The number of rotatable bonds is 6. The molecule has 1 unspecified atom stereocenters. The predicted octanol–water partition coefficient (Wildman–Crippen LogP) is 3.50. The highest BCUT2D eigenvalue weighted by Gasteiger charge is 2.32. The molecule has 0 N–H and O–H groups in total. The van der Waals surface area contributed by atoms with Crippen LogP contribution in [0.2, 0.25) is 0 Å². The van der Waals surface area contributed by atoms with E-state index >= 15 is 0 Å². The Bertz CT molecular complexity index is 388. The van der Waals surface area contributed by atoms with Gasteiger partial charge in [-0.25, -0.2) is 4.79 Å². The number of hydrogen-bond donors (Lipinski definition) is 0. The molecular weight excluding hydrogens is 244 g/mol. The second-order valence-electron chi connectivity index (χ2n) is 4.74. The van der Waals surface area contributed by atoms with Crippen LogP contribution in [0.1, 0.15) is 33.3 Å². The van der Waals surface area contributed by atoms with E-state index in [4.69, 9.17) is 14.2 Å². The van der Waals surface area contributed by atoms with Crippen LogP contribution in [-0.4, -0.2) is 25.5 Å². The molecule has 0 aliphatic carbocycles. The molecule has 1 rings (SSSR count). The second-order valence-corrected chi connectivity index (χ2v) is 4.74. The zero-order valence-electron chi connectivity index (χ0n) is 12.0. The first-order chi connectivity index (χ1) is 8.98. The van der Waals surface area contributed by atoms with E-state index in [0.29, 0.717) is 0 Å². The predicted molar refractivity (Wildman–Crippen MR) is 73.0 cm³/mol. The Balaban J connectivity index is 2.86. The van der Waals surface area contributed by atoms with Gasteiger partial charge in [0.1, 0.15) is 0 Å². The molecule has 0 radical (unpaired) electrons. The molecule has 0 heterocycles. The molecule has 0 aliphatic rings. The molecule has 0 spiro atoms. The van der Waals surface area contributed by atoms with Crippen molar-refractivity contribution in [3.8, 4) is 0 Å². The fourth-order valence-electron chi connectivity index (χ4n) is 1.62. The summed E-state index contributed by atoms with van der Waals surface area (Å²) in [6, 6.07) is 9.53. The molecule has 0 amide bonds. The first-order valence-electron chi connectivity index (χ1n) is 6.51. The monoisotopic (exact) mass is 266 g/mol. The van der Waals surface area contributed by atoms with Crippen LogP contribution in [0.15, 0.2) is 30.3 Å². The Morgan fingerprint density at radius 2 is 1.89 bits per heavy atom. The second kappa shape index (κ2) is 7.14. The van der Waals surface area contributed by atoms with Crippen molar-refractivity contribution in [1.82, 2.24) is 0 Å². The Morgan fingerprint density at radius 3 is 2.42 bits per heavy atom. The summed E-state index contributed by atoms with van der Waals surface area (Å²) in [7, 11) is 0. The van der Waals surface area contributed by atoms with E-state index < -0.39 is 11.8 Å². The van der Waals surface area contributed by atoms with Crippen molar-refractivity contribution in [2.75, 3.05) is 13.2 Å². The van der Waals surface area contributed by atoms with Gasteiger partial charge in [0.15, 0.2) is 5.60 Å². The average Bonchev–Trinajstić information content (AvgIpc) is 2.38. The maximum absolute atomic E-state index is 11.6. The highest BCUT2D eigenvalue weighted by Crippen LogP contribution is 2.26. The van der Waals surface area contributed by atoms with Crippen molar-refractivity contribution in [3.63, 3.8) is 0 Å². The highest BCUT2D eigenvalue weighted by atomic mass is 16.7. The molecule has 0 aromatic heterocycles.